The van der Waals surface area contributed by atoms with E-state index in [4.69, 9.17) is 0 Å². The molecule has 0 spiro atoms. The van der Waals surface area contributed by atoms with Crippen molar-refractivity contribution in [2.75, 3.05) is 19.6 Å². The van der Waals surface area contributed by atoms with E-state index in [2.05, 4.69) is 27.3 Å². The van der Waals surface area contributed by atoms with E-state index in [9.17, 15) is 4.79 Å². The zero-order valence-corrected chi connectivity index (χ0v) is 13.4. The first-order valence-corrected chi connectivity index (χ1v) is 7.85. The van der Waals surface area contributed by atoms with Gasteiger partial charge in [-0.3, -0.25) is 14.7 Å². The lowest BCUT2D eigenvalue weighted by Gasteiger charge is -2.32. The molecule has 2 heterocycles. The number of aromatic nitrogens is 1. The number of pyridine rings is 1. The first-order chi connectivity index (χ1) is 9.95. The van der Waals surface area contributed by atoms with Gasteiger partial charge in [-0.15, -0.1) is 0 Å². The fourth-order valence-electron chi connectivity index (χ4n) is 2.60. The summed E-state index contributed by atoms with van der Waals surface area (Å²) in [6, 6.07) is 4.16. The van der Waals surface area contributed by atoms with Gasteiger partial charge in [-0.1, -0.05) is 20.8 Å². The Morgan fingerprint density at radius 1 is 1.29 bits per heavy atom. The highest BCUT2D eigenvalue weighted by atomic mass is 16.2. The third-order valence-corrected chi connectivity index (χ3v) is 4.10. The van der Waals surface area contributed by atoms with Crippen LogP contribution >= 0.6 is 0 Å². The van der Waals surface area contributed by atoms with Crippen LogP contribution in [0.4, 0.5) is 0 Å². The molecule has 116 valence electrons. The van der Waals surface area contributed by atoms with Crippen LogP contribution in [0.15, 0.2) is 24.5 Å². The van der Waals surface area contributed by atoms with E-state index in [1.807, 2.05) is 33.2 Å². The van der Waals surface area contributed by atoms with Crippen molar-refractivity contribution >= 4 is 5.91 Å². The van der Waals surface area contributed by atoms with Crippen LogP contribution in [0, 0.1) is 11.3 Å². The molecule has 0 bridgehead atoms. The molecule has 21 heavy (non-hydrogen) atoms. The van der Waals surface area contributed by atoms with Gasteiger partial charge >= 0.3 is 0 Å². The smallest absolute Gasteiger partial charge is 0.225 e. The zero-order chi connectivity index (χ0) is 15.3. The molecule has 1 aromatic heterocycles. The molecular weight excluding hydrogens is 262 g/mol. The molecule has 0 aromatic carbocycles. The molecule has 1 N–H and O–H groups in total. The lowest BCUT2D eigenvalue weighted by Crippen LogP contribution is -2.41. The van der Waals surface area contributed by atoms with Gasteiger partial charge in [-0.25, -0.2) is 0 Å². The minimum absolute atomic E-state index is 0.154. The zero-order valence-electron chi connectivity index (χ0n) is 13.4. The maximum Gasteiger partial charge on any atom is 0.225 e. The van der Waals surface area contributed by atoms with Gasteiger partial charge in [0.1, 0.15) is 0 Å². The Kier molecular flexibility index (Phi) is 5.34. The number of nitrogens with zero attached hydrogens (tertiary/aromatic N) is 2. The lowest BCUT2D eigenvalue weighted by molar-refractivity contribution is -0.128. The maximum absolute atomic E-state index is 11.9. The van der Waals surface area contributed by atoms with Crippen molar-refractivity contribution in [2.24, 2.45) is 11.3 Å². The summed E-state index contributed by atoms with van der Waals surface area (Å²) >= 11 is 0. The molecule has 2 rings (SSSR count). The first-order valence-electron chi connectivity index (χ1n) is 7.85. The van der Waals surface area contributed by atoms with Gasteiger partial charge in [0.2, 0.25) is 5.91 Å². The number of piperidine rings is 1. The molecule has 0 aliphatic carbocycles. The minimum Gasteiger partial charge on any atom is -0.355 e. The second kappa shape index (κ2) is 7.03. The summed E-state index contributed by atoms with van der Waals surface area (Å²) in [4.78, 5) is 18.4. The van der Waals surface area contributed by atoms with Crippen molar-refractivity contribution in [3.8, 4) is 0 Å². The number of hydrogen-bond acceptors (Lipinski definition) is 3. The number of likely N-dealkylation sites (tertiary alicyclic amines) is 1. The monoisotopic (exact) mass is 289 g/mol. The van der Waals surface area contributed by atoms with Gasteiger partial charge in [-0.05, 0) is 49.5 Å². The van der Waals surface area contributed by atoms with Crippen LogP contribution in [0.5, 0.6) is 0 Å². The Morgan fingerprint density at radius 3 is 2.48 bits per heavy atom. The highest BCUT2D eigenvalue weighted by molar-refractivity contribution is 5.81. The molecule has 0 radical (unpaired) electrons. The van der Waals surface area contributed by atoms with Gasteiger partial charge in [-0.2, -0.15) is 0 Å². The Morgan fingerprint density at radius 2 is 1.90 bits per heavy atom. The number of carbonyl (C=O) groups is 1. The molecule has 4 heteroatoms. The van der Waals surface area contributed by atoms with Crippen LogP contribution in [-0.2, 0) is 11.3 Å². The van der Waals surface area contributed by atoms with Crippen LogP contribution < -0.4 is 5.32 Å². The van der Waals surface area contributed by atoms with E-state index in [0.717, 1.165) is 39.0 Å². The van der Waals surface area contributed by atoms with E-state index in [1.165, 1.54) is 5.56 Å². The Bertz CT molecular complexity index is 445. The predicted octanol–water partition coefficient (Wildman–Crippen LogP) is 2.46. The van der Waals surface area contributed by atoms with E-state index in [1.54, 1.807) is 0 Å². The summed E-state index contributed by atoms with van der Waals surface area (Å²) < 4.78 is 0. The molecule has 1 fully saturated rings. The second-order valence-corrected chi connectivity index (χ2v) is 7.04. The molecule has 0 atom stereocenters. The number of rotatable bonds is 4. The molecule has 0 saturated carbocycles. The van der Waals surface area contributed by atoms with Crippen LogP contribution in [0.3, 0.4) is 0 Å². The molecule has 1 aromatic rings. The van der Waals surface area contributed by atoms with Crippen LogP contribution in [0.1, 0.15) is 39.2 Å². The quantitative estimate of drug-likeness (QED) is 0.926. The summed E-state index contributed by atoms with van der Waals surface area (Å²) in [6.07, 6.45) is 6.03. The standard InChI is InChI=1S/C17H27N3O/c1-17(2,3)16(21)19-12-14-6-10-20(11-7-14)13-15-4-8-18-9-5-15/h4-5,8-9,14H,6-7,10-13H2,1-3H3,(H,19,21). The second-order valence-electron chi connectivity index (χ2n) is 7.04. The van der Waals surface area contributed by atoms with Gasteiger partial charge in [0, 0.05) is 30.9 Å². The summed E-state index contributed by atoms with van der Waals surface area (Å²) in [7, 11) is 0. The lowest BCUT2D eigenvalue weighted by atomic mass is 9.93. The summed E-state index contributed by atoms with van der Waals surface area (Å²) in [5.41, 5.74) is 1.03. The third-order valence-electron chi connectivity index (χ3n) is 4.10. The highest BCUT2D eigenvalue weighted by Gasteiger charge is 2.24. The van der Waals surface area contributed by atoms with Crippen molar-refractivity contribution in [1.82, 2.24) is 15.2 Å². The molecule has 0 unspecified atom stereocenters. The van der Waals surface area contributed by atoms with E-state index >= 15 is 0 Å². The van der Waals surface area contributed by atoms with E-state index < -0.39 is 0 Å². The van der Waals surface area contributed by atoms with Crippen LogP contribution in [0.25, 0.3) is 0 Å². The van der Waals surface area contributed by atoms with Crippen molar-refractivity contribution < 1.29 is 4.79 Å². The summed E-state index contributed by atoms with van der Waals surface area (Å²) in [5, 5.41) is 3.09. The number of hydrogen-bond donors (Lipinski definition) is 1. The Balaban J connectivity index is 1.70. The van der Waals surface area contributed by atoms with Gasteiger partial charge in [0.25, 0.3) is 0 Å². The molecule has 1 saturated heterocycles. The largest absolute Gasteiger partial charge is 0.355 e. The van der Waals surface area contributed by atoms with Crippen molar-refractivity contribution in [1.29, 1.82) is 0 Å². The van der Waals surface area contributed by atoms with E-state index in [0.29, 0.717) is 5.92 Å². The van der Waals surface area contributed by atoms with Crippen molar-refractivity contribution in [3.05, 3.63) is 30.1 Å². The summed E-state index contributed by atoms with van der Waals surface area (Å²) in [6.45, 7) is 9.92. The molecule has 1 aliphatic heterocycles. The van der Waals surface area contributed by atoms with Crippen molar-refractivity contribution in [3.63, 3.8) is 0 Å². The van der Waals surface area contributed by atoms with Gasteiger partial charge in [0.15, 0.2) is 0 Å². The first kappa shape index (κ1) is 16.0. The Hall–Kier alpha value is -1.42. The van der Waals surface area contributed by atoms with E-state index in [-0.39, 0.29) is 11.3 Å². The fraction of sp³-hybridized carbons (Fsp3) is 0.647. The van der Waals surface area contributed by atoms with Gasteiger partial charge < -0.3 is 5.32 Å². The number of nitrogens with one attached hydrogen (secondary N) is 1. The Labute approximate surface area is 127 Å². The van der Waals surface area contributed by atoms with Gasteiger partial charge in [0.05, 0.1) is 0 Å². The normalized spacial score (nSPS) is 17.7. The average Bonchev–Trinajstić information content (AvgIpc) is 2.46. The fourth-order valence-corrected chi connectivity index (χ4v) is 2.60. The molecule has 1 amide bonds. The predicted molar refractivity (Wildman–Crippen MR) is 84.7 cm³/mol. The number of carbonyl (C=O) groups excluding carboxylic acids is 1. The molecule has 4 nitrogen and oxygen atoms in total. The SMILES string of the molecule is CC(C)(C)C(=O)NCC1CCN(Cc2ccncc2)CC1. The third kappa shape index (κ3) is 5.12. The minimum atomic E-state index is -0.290. The number of amides is 1. The van der Waals surface area contributed by atoms with Crippen LogP contribution in [0.2, 0.25) is 0 Å². The molecule has 1 aliphatic rings. The van der Waals surface area contributed by atoms with Crippen LogP contribution in [-0.4, -0.2) is 35.4 Å². The van der Waals surface area contributed by atoms with Crippen molar-refractivity contribution in [2.45, 2.75) is 40.2 Å². The summed E-state index contributed by atoms with van der Waals surface area (Å²) in [5.74, 6) is 0.770. The average molecular weight is 289 g/mol. The molecular formula is C17H27N3O. The topological polar surface area (TPSA) is 45.2 Å². The maximum atomic E-state index is 11.9. The highest BCUT2D eigenvalue weighted by Crippen LogP contribution is 2.19.